The molecule has 2 saturated heterocycles. The molecule has 1 aliphatic carbocycles. The quantitative estimate of drug-likeness (QED) is 0.322. The van der Waals surface area contributed by atoms with Crippen molar-refractivity contribution in [2.75, 3.05) is 31.8 Å². The molecule has 1 aromatic heterocycles. The Morgan fingerprint density at radius 3 is 2.59 bits per heavy atom. The predicted octanol–water partition coefficient (Wildman–Crippen LogP) is 5.36. The SMILES string of the molecule is COC(=O)c1sc(C#CC(C)(C)C)cc1N(C(=O)C1CCC(C)CC1)C(C)CCNC(=O)OC1COC2OCCC12. The van der Waals surface area contributed by atoms with Gasteiger partial charge in [-0.3, -0.25) is 4.79 Å². The first-order valence-electron chi connectivity index (χ1n) is 14.7. The molecular formula is C31H44N2O7S. The number of esters is 1. The van der Waals surface area contributed by atoms with Gasteiger partial charge in [-0.15, -0.1) is 11.3 Å². The molecule has 3 heterocycles. The number of ether oxygens (including phenoxy) is 4. The molecule has 0 spiro atoms. The van der Waals surface area contributed by atoms with E-state index in [9.17, 15) is 14.4 Å². The van der Waals surface area contributed by atoms with E-state index in [0.717, 1.165) is 32.1 Å². The van der Waals surface area contributed by atoms with Crippen LogP contribution in [0.15, 0.2) is 6.07 Å². The number of thiophene rings is 1. The monoisotopic (exact) mass is 588 g/mol. The smallest absolute Gasteiger partial charge is 0.407 e. The van der Waals surface area contributed by atoms with Gasteiger partial charge in [-0.1, -0.05) is 18.8 Å². The van der Waals surface area contributed by atoms with Crippen molar-refractivity contribution < 1.29 is 33.3 Å². The van der Waals surface area contributed by atoms with Gasteiger partial charge >= 0.3 is 12.1 Å². The molecule has 2 amide bonds. The van der Waals surface area contributed by atoms with Crippen LogP contribution in [0.1, 0.15) is 87.7 Å². The standard InChI is InChI=1S/C31H44N2O7S/c1-19-7-9-21(10-8-19)27(34)33(24-17-22(11-14-31(3,4)5)41-26(24)28(35)37-6)20(2)12-15-32-30(36)40-25-18-39-29-23(25)13-16-38-29/h17,19-21,23,25,29H,7-10,12-13,15-16,18H2,1-6H3,(H,32,36). The third kappa shape index (κ3) is 8.02. The molecule has 4 atom stereocenters. The first-order valence-corrected chi connectivity index (χ1v) is 15.5. The first-order chi connectivity index (χ1) is 19.5. The van der Waals surface area contributed by atoms with Crippen molar-refractivity contribution >= 4 is 35.0 Å². The summed E-state index contributed by atoms with van der Waals surface area (Å²) in [6.07, 6.45) is 3.79. The highest BCUT2D eigenvalue weighted by atomic mass is 32.1. The number of alkyl carbamates (subject to hydrolysis) is 1. The fraction of sp³-hybridized carbons (Fsp3) is 0.710. The average molecular weight is 589 g/mol. The van der Waals surface area contributed by atoms with E-state index >= 15 is 0 Å². The van der Waals surface area contributed by atoms with Crippen LogP contribution in [0, 0.1) is 35.0 Å². The largest absolute Gasteiger partial charge is 0.465 e. The van der Waals surface area contributed by atoms with E-state index in [1.54, 1.807) is 4.90 Å². The van der Waals surface area contributed by atoms with Crippen LogP contribution in [0.25, 0.3) is 0 Å². The maximum absolute atomic E-state index is 14.1. The van der Waals surface area contributed by atoms with Crippen LogP contribution in [0.4, 0.5) is 10.5 Å². The maximum atomic E-state index is 14.1. The molecule has 1 aromatic rings. The number of hydrogen-bond donors (Lipinski definition) is 1. The van der Waals surface area contributed by atoms with Crippen molar-refractivity contribution in [3.05, 3.63) is 15.8 Å². The molecule has 1 N–H and O–H groups in total. The lowest BCUT2D eigenvalue weighted by molar-refractivity contribution is -0.124. The van der Waals surface area contributed by atoms with Gasteiger partial charge in [0.05, 0.1) is 36.8 Å². The lowest BCUT2D eigenvalue weighted by atomic mass is 9.82. The van der Waals surface area contributed by atoms with Gasteiger partial charge in [0.2, 0.25) is 5.91 Å². The highest BCUT2D eigenvalue weighted by Gasteiger charge is 2.44. The van der Waals surface area contributed by atoms with E-state index in [4.69, 9.17) is 18.9 Å². The second kappa shape index (κ2) is 13.6. The van der Waals surface area contributed by atoms with Gasteiger partial charge in [-0.05, 0) is 78.2 Å². The Labute approximate surface area is 247 Å². The third-order valence-corrected chi connectivity index (χ3v) is 9.04. The van der Waals surface area contributed by atoms with Crippen LogP contribution in [0.2, 0.25) is 0 Å². The van der Waals surface area contributed by atoms with Crippen LogP contribution in [-0.2, 0) is 23.7 Å². The van der Waals surface area contributed by atoms with E-state index < -0.39 is 12.1 Å². The summed E-state index contributed by atoms with van der Waals surface area (Å²) in [5, 5.41) is 2.83. The number of carbonyl (C=O) groups is 3. The van der Waals surface area contributed by atoms with Gasteiger partial charge in [0.25, 0.3) is 0 Å². The molecule has 4 rings (SSSR count). The van der Waals surface area contributed by atoms with Crippen molar-refractivity contribution in [2.24, 2.45) is 23.2 Å². The molecule has 1 saturated carbocycles. The summed E-state index contributed by atoms with van der Waals surface area (Å²) in [5.41, 5.74) is 0.308. The molecule has 4 unspecified atom stereocenters. The molecule has 226 valence electrons. The van der Waals surface area contributed by atoms with Crippen molar-refractivity contribution in [2.45, 2.75) is 91.6 Å². The first kappa shape index (κ1) is 31.3. The second-order valence-electron chi connectivity index (χ2n) is 12.5. The van der Waals surface area contributed by atoms with E-state index in [0.29, 0.717) is 47.5 Å². The van der Waals surface area contributed by atoms with Crippen LogP contribution in [0.3, 0.4) is 0 Å². The molecular weight excluding hydrogens is 544 g/mol. The fourth-order valence-corrected chi connectivity index (χ4v) is 6.55. The fourth-order valence-electron chi connectivity index (χ4n) is 5.63. The molecule has 9 nitrogen and oxygen atoms in total. The Balaban J connectivity index is 1.50. The summed E-state index contributed by atoms with van der Waals surface area (Å²) in [5.74, 6) is 6.45. The third-order valence-electron chi connectivity index (χ3n) is 8.02. The highest BCUT2D eigenvalue weighted by Crippen LogP contribution is 2.37. The Kier molecular flexibility index (Phi) is 10.4. The van der Waals surface area contributed by atoms with Gasteiger partial charge in [0, 0.05) is 23.9 Å². The summed E-state index contributed by atoms with van der Waals surface area (Å²) in [6, 6.07) is 1.53. The molecule has 41 heavy (non-hydrogen) atoms. The zero-order valence-electron chi connectivity index (χ0n) is 25.1. The number of methoxy groups -OCH3 is 1. The maximum Gasteiger partial charge on any atom is 0.407 e. The Bertz CT molecular complexity index is 1160. The van der Waals surface area contributed by atoms with E-state index in [-0.39, 0.29) is 41.6 Å². The lowest BCUT2D eigenvalue weighted by Crippen LogP contribution is -2.45. The topological polar surface area (TPSA) is 103 Å². The van der Waals surface area contributed by atoms with Gasteiger partial charge < -0.3 is 29.2 Å². The number of nitrogens with zero attached hydrogens (tertiary/aromatic N) is 1. The van der Waals surface area contributed by atoms with Gasteiger partial charge in [-0.2, -0.15) is 0 Å². The molecule has 0 radical (unpaired) electrons. The molecule has 3 fully saturated rings. The summed E-state index contributed by atoms with van der Waals surface area (Å²) in [6.45, 7) is 11.5. The van der Waals surface area contributed by atoms with Crippen LogP contribution < -0.4 is 10.2 Å². The predicted molar refractivity (Wildman–Crippen MR) is 157 cm³/mol. The Hall–Kier alpha value is -2.61. The second-order valence-corrected chi connectivity index (χ2v) is 13.6. The minimum atomic E-state index is -0.511. The summed E-state index contributed by atoms with van der Waals surface area (Å²) < 4.78 is 21.8. The normalized spacial score (nSPS) is 26.3. The van der Waals surface area contributed by atoms with Gasteiger partial charge in [0.1, 0.15) is 11.0 Å². The number of rotatable bonds is 8. The summed E-state index contributed by atoms with van der Waals surface area (Å²) in [4.78, 5) is 42.3. The van der Waals surface area contributed by atoms with E-state index in [1.807, 2.05) is 33.8 Å². The van der Waals surface area contributed by atoms with Crippen LogP contribution in [-0.4, -0.2) is 63.3 Å². The number of amides is 2. The lowest BCUT2D eigenvalue weighted by Gasteiger charge is -2.35. The van der Waals surface area contributed by atoms with Crippen molar-refractivity contribution in [1.82, 2.24) is 5.32 Å². The molecule has 10 heteroatoms. The van der Waals surface area contributed by atoms with Gasteiger partial charge in [0.15, 0.2) is 6.29 Å². The Morgan fingerprint density at radius 2 is 1.90 bits per heavy atom. The Morgan fingerprint density at radius 1 is 1.17 bits per heavy atom. The molecule has 0 bridgehead atoms. The zero-order chi connectivity index (χ0) is 29.7. The number of hydrogen-bond acceptors (Lipinski definition) is 8. The molecule has 0 aromatic carbocycles. The minimum Gasteiger partial charge on any atom is -0.465 e. The number of carbonyl (C=O) groups excluding carboxylic acids is 3. The number of fused-ring (bicyclic) bond motifs is 1. The highest BCUT2D eigenvalue weighted by molar-refractivity contribution is 7.15. The zero-order valence-corrected chi connectivity index (χ0v) is 25.9. The average Bonchev–Trinajstić information content (AvgIpc) is 3.65. The minimum absolute atomic E-state index is 0.000592. The van der Waals surface area contributed by atoms with Crippen molar-refractivity contribution in [3.8, 4) is 11.8 Å². The van der Waals surface area contributed by atoms with E-state index in [1.165, 1.54) is 18.4 Å². The number of anilines is 1. The molecule has 2 aliphatic heterocycles. The van der Waals surface area contributed by atoms with Crippen LogP contribution in [0.5, 0.6) is 0 Å². The van der Waals surface area contributed by atoms with Crippen molar-refractivity contribution in [1.29, 1.82) is 0 Å². The van der Waals surface area contributed by atoms with E-state index in [2.05, 4.69) is 24.1 Å². The summed E-state index contributed by atoms with van der Waals surface area (Å²) >= 11 is 1.24. The van der Waals surface area contributed by atoms with Crippen molar-refractivity contribution in [3.63, 3.8) is 0 Å². The summed E-state index contributed by atoms with van der Waals surface area (Å²) in [7, 11) is 1.34. The van der Waals surface area contributed by atoms with Gasteiger partial charge in [-0.25, -0.2) is 9.59 Å². The molecule has 3 aliphatic rings. The number of nitrogens with one attached hydrogen (secondary N) is 1. The van der Waals surface area contributed by atoms with Crippen LogP contribution >= 0.6 is 11.3 Å².